The number of amides is 1. The topological polar surface area (TPSA) is 80.0 Å². The smallest absolute Gasteiger partial charge is 0.233 e. The molecule has 1 fully saturated rings. The minimum atomic E-state index is 0.109. The van der Waals surface area contributed by atoms with E-state index in [-0.39, 0.29) is 5.91 Å². The quantitative estimate of drug-likeness (QED) is 0.542. The van der Waals surface area contributed by atoms with E-state index >= 15 is 0 Å². The molecule has 8 nitrogen and oxygen atoms in total. The van der Waals surface area contributed by atoms with Crippen LogP contribution in [0.4, 0.5) is 5.82 Å². The highest BCUT2D eigenvalue weighted by Gasteiger charge is 2.23. The molecule has 3 aromatic rings. The minimum absolute atomic E-state index is 0.109. The summed E-state index contributed by atoms with van der Waals surface area (Å²) in [5.41, 5.74) is 0.951. The van der Waals surface area contributed by atoms with Gasteiger partial charge in [0.05, 0.1) is 11.9 Å². The van der Waals surface area contributed by atoms with Gasteiger partial charge >= 0.3 is 0 Å². The number of carbonyl (C=O) groups excluding carboxylic acids is 1. The molecule has 0 aliphatic carbocycles. The lowest BCUT2D eigenvalue weighted by Crippen LogP contribution is -2.49. The lowest BCUT2D eigenvalue weighted by atomic mass is 10.2. The van der Waals surface area contributed by atoms with E-state index in [1.165, 1.54) is 11.8 Å². The number of hydrogen-bond donors (Lipinski definition) is 0. The molecular formula is C20H22ClN7OS. The van der Waals surface area contributed by atoms with Crippen molar-refractivity contribution in [1.29, 1.82) is 0 Å². The summed E-state index contributed by atoms with van der Waals surface area (Å²) in [5.74, 6) is 2.08. The Kier molecular flexibility index (Phi) is 6.49. The SMILES string of the molecule is CCn1c(SCC(=O)N2CCN(c3cnccn3)CC2)nnc1-c1ccc(Cl)cc1. The van der Waals surface area contributed by atoms with Crippen molar-refractivity contribution in [2.24, 2.45) is 0 Å². The van der Waals surface area contributed by atoms with Crippen molar-refractivity contribution in [2.45, 2.75) is 18.6 Å². The van der Waals surface area contributed by atoms with Crippen LogP contribution < -0.4 is 4.90 Å². The lowest BCUT2D eigenvalue weighted by molar-refractivity contribution is -0.128. The van der Waals surface area contributed by atoms with Gasteiger partial charge in [-0.3, -0.25) is 9.78 Å². The molecule has 1 aliphatic heterocycles. The molecular weight excluding hydrogens is 422 g/mol. The maximum atomic E-state index is 12.7. The summed E-state index contributed by atoms with van der Waals surface area (Å²) in [6.07, 6.45) is 5.10. The molecule has 2 aromatic heterocycles. The van der Waals surface area contributed by atoms with Crippen LogP contribution in [0.3, 0.4) is 0 Å². The van der Waals surface area contributed by atoms with Gasteiger partial charge in [0.25, 0.3) is 0 Å². The second-order valence-corrected chi connectivity index (χ2v) is 8.16. The highest BCUT2D eigenvalue weighted by atomic mass is 35.5. The van der Waals surface area contributed by atoms with E-state index in [1.54, 1.807) is 18.6 Å². The fraction of sp³-hybridized carbons (Fsp3) is 0.350. The number of anilines is 1. The summed E-state index contributed by atoms with van der Waals surface area (Å²) >= 11 is 7.41. The third kappa shape index (κ3) is 4.57. The zero-order chi connectivity index (χ0) is 20.9. The van der Waals surface area contributed by atoms with Crippen molar-refractivity contribution >= 4 is 35.1 Å². The molecule has 3 heterocycles. The van der Waals surface area contributed by atoms with Gasteiger partial charge in [-0.15, -0.1) is 10.2 Å². The van der Waals surface area contributed by atoms with Crippen LogP contribution >= 0.6 is 23.4 Å². The van der Waals surface area contributed by atoms with Crippen molar-refractivity contribution in [3.63, 3.8) is 0 Å². The largest absolute Gasteiger partial charge is 0.352 e. The molecule has 0 radical (unpaired) electrons. The number of halogens is 1. The van der Waals surface area contributed by atoms with E-state index in [9.17, 15) is 4.79 Å². The minimum Gasteiger partial charge on any atom is -0.352 e. The molecule has 0 unspecified atom stereocenters. The van der Waals surface area contributed by atoms with Gasteiger partial charge < -0.3 is 14.4 Å². The van der Waals surface area contributed by atoms with E-state index < -0.39 is 0 Å². The molecule has 1 aliphatic rings. The van der Waals surface area contributed by atoms with Crippen molar-refractivity contribution in [2.75, 3.05) is 36.8 Å². The number of nitrogens with zero attached hydrogens (tertiary/aromatic N) is 7. The molecule has 156 valence electrons. The van der Waals surface area contributed by atoms with Crippen molar-refractivity contribution in [3.8, 4) is 11.4 Å². The van der Waals surface area contributed by atoms with Crippen LogP contribution in [-0.2, 0) is 11.3 Å². The fourth-order valence-corrected chi connectivity index (χ4v) is 4.38. The average Bonchev–Trinajstić information content (AvgIpc) is 3.21. The van der Waals surface area contributed by atoms with Crippen LogP contribution in [0, 0.1) is 0 Å². The normalized spacial score (nSPS) is 14.2. The fourth-order valence-electron chi connectivity index (χ4n) is 3.35. The summed E-state index contributed by atoms with van der Waals surface area (Å²) in [6.45, 7) is 5.61. The third-order valence-corrected chi connectivity index (χ3v) is 6.17. The summed E-state index contributed by atoms with van der Waals surface area (Å²) in [7, 11) is 0. The van der Waals surface area contributed by atoms with Gasteiger partial charge in [0, 0.05) is 55.7 Å². The standard InChI is InChI=1S/C20H22ClN7OS/c1-2-28-19(15-3-5-16(21)6-4-15)24-25-20(28)30-14-18(29)27-11-9-26(10-12-27)17-13-22-7-8-23-17/h3-8,13H,2,9-12,14H2,1H3. The second-order valence-electron chi connectivity index (χ2n) is 6.78. The number of rotatable bonds is 6. The van der Waals surface area contributed by atoms with Crippen LogP contribution in [-0.4, -0.2) is 67.5 Å². The van der Waals surface area contributed by atoms with Gasteiger partial charge in [0.15, 0.2) is 11.0 Å². The number of thioether (sulfide) groups is 1. The monoisotopic (exact) mass is 443 g/mol. The molecule has 1 saturated heterocycles. The summed E-state index contributed by atoms with van der Waals surface area (Å²) in [5, 5.41) is 10.1. The molecule has 1 aromatic carbocycles. The maximum Gasteiger partial charge on any atom is 0.233 e. The first-order valence-corrected chi connectivity index (χ1v) is 11.1. The maximum absolute atomic E-state index is 12.7. The van der Waals surface area contributed by atoms with Gasteiger partial charge in [0.2, 0.25) is 5.91 Å². The van der Waals surface area contributed by atoms with Crippen LogP contribution in [0.5, 0.6) is 0 Å². The first-order valence-electron chi connectivity index (χ1n) is 9.76. The highest BCUT2D eigenvalue weighted by Crippen LogP contribution is 2.25. The molecule has 4 rings (SSSR count). The molecule has 10 heteroatoms. The first-order chi connectivity index (χ1) is 14.7. The van der Waals surface area contributed by atoms with Gasteiger partial charge in [-0.1, -0.05) is 23.4 Å². The number of carbonyl (C=O) groups is 1. The van der Waals surface area contributed by atoms with Gasteiger partial charge in [-0.25, -0.2) is 4.98 Å². The van der Waals surface area contributed by atoms with Gasteiger partial charge in [-0.05, 0) is 31.2 Å². The number of aromatic nitrogens is 5. The Hall–Kier alpha value is -2.65. The Morgan fingerprint density at radius 2 is 1.87 bits per heavy atom. The Balaban J connectivity index is 1.35. The van der Waals surface area contributed by atoms with E-state index in [2.05, 4.69) is 25.1 Å². The third-order valence-electron chi connectivity index (χ3n) is 4.97. The summed E-state index contributed by atoms with van der Waals surface area (Å²) in [4.78, 5) is 25.2. The molecule has 0 bridgehead atoms. The van der Waals surface area contributed by atoms with E-state index in [0.717, 1.165) is 42.0 Å². The van der Waals surface area contributed by atoms with Crippen molar-refractivity contribution < 1.29 is 4.79 Å². The lowest BCUT2D eigenvalue weighted by Gasteiger charge is -2.35. The van der Waals surface area contributed by atoms with Crippen LogP contribution in [0.25, 0.3) is 11.4 Å². The number of hydrogen-bond acceptors (Lipinski definition) is 7. The number of benzene rings is 1. The Labute approximate surface area is 184 Å². The summed E-state index contributed by atoms with van der Waals surface area (Å²) < 4.78 is 2.02. The Morgan fingerprint density at radius 1 is 1.10 bits per heavy atom. The molecule has 1 amide bonds. The zero-order valence-electron chi connectivity index (χ0n) is 16.6. The van der Waals surface area contributed by atoms with Crippen molar-refractivity contribution in [3.05, 3.63) is 47.9 Å². The Morgan fingerprint density at radius 3 is 2.53 bits per heavy atom. The second kappa shape index (κ2) is 9.44. The van der Waals surface area contributed by atoms with Gasteiger partial charge in [-0.2, -0.15) is 0 Å². The van der Waals surface area contributed by atoms with E-state index in [4.69, 9.17) is 11.6 Å². The molecule has 30 heavy (non-hydrogen) atoms. The highest BCUT2D eigenvalue weighted by molar-refractivity contribution is 7.99. The van der Waals surface area contributed by atoms with Crippen molar-refractivity contribution in [1.82, 2.24) is 29.6 Å². The van der Waals surface area contributed by atoms with E-state index in [1.807, 2.05) is 40.7 Å². The van der Waals surface area contributed by atoms with Crippen LogP contribution in [0.1, 0.15) is 6.92 Å². The number of piperazine rings is 1. The molecule has 0 spiro atoms. The van der Waals surface area contributed by atoms with E-state index in [0.29, 0.717) is 23.9 Å². The predicted octanol–water partition coefficient (Wildman–Crippen LogP) is 2.85. The van der Waals surface area contributed by atoms with Crippen LogP contribution in [0.15, 0.2) is 48.0 Å². The molecule has 0 atom stereocenters. The predicted molar refractivity (Wildman–Crippen MR) is 118 cm³/mol. The molecule has 0 N–H and O–H groups in total. The van der Waals surface area contributed by atoms with Crippen LogP contribution in [0.2, 0.25) is 5.02 Å². The first kappa shape index (κ1) is 20.6. The van der Waals surface area contributed by atoms with Gasteiger partial charge in [0.1, 0.15) is 5.82 Å². The average molecular weight is 444 g/mol. The Bertz CT molecular complexity index is 988. The summed E-state index contributed by atoms with van der Waals surface area (Å²) in [6, 6.07) is 7.52. The zero-order valence-corrected chi connectivity index (χ0v) is 18.2. The molecule has 0 saturated carbocycles.